The largest absolute Gasteiger partial charge is 0.493 e. The molecule has 10 nitrogen and oxygen atoms in total. The van der Waals surface area contributed by atoms with E-state index in [1.165, 1.54) is 50.5 Å². The molecule has 0 atom stereocenters. The number of thiazole rings is 1. The average molecular weight is 750 g/mol. The van der Waals surface area contributed by atoms with Gasteiger partial charge in [0.25, 0.3) is 11.8 Å². The van der Waals surface area contributed by atoms with E-state index in [4.69, 9.17) is 37.4 Å². The maximum atomic E-state index is 13.7. The number of nitrogens with one attached hydrogen (secondary N) is 3. The predicted octanol–water partition coefficient (Wildman–Crippen LogP) is 8.28. The minimum absolute atomic E-state index is 0.0340. The third-order valence-corrected chi connectivity index (χ3v) is 9.25. The normalized spacial score (nSPS) is 11.0. The summed E-state index contributed by atoms with van der Waals surface area (Å²) in [7, 11) is 4.46. The summed E-state index contributed by atoms with van der Waals surface area (Å²) in [6.07, 6.45) is 1.51. The number of hydrogen-bond donors (Lipinski definition) is 3. The van der Waals surface area contributed by atoms with Crippen LogP contribution in [0, 0.1) is 0 Å². The zero-order valence-electron chi connectivity index (χ0n) is 26.9. The van der Waals surface area contributed by atoms with Crippen molar-refractivity contribution in [3.63, 3.8) is 0 Å². The highest BCUT2D eigenvalue weighted by Gasteiger charge is 2.18. The van der Waals surface area contributed by atoms with Crippen LogP contribution in [0.15, 0.2) is 101 Å². The molecule has 50 heavy (non-hydrogen) atoms. The van der Waals surface area contributed by atoms with Crippen LogP contribution in [-0.2, 0) is 9.59 Å². The number of carbonyl (C=O) groups is 3. The highest BCUT2D eigenvalue weighted by Crippen LogP contribution is 2.39. The third kappa shape index (κ3) is 9.36. The number of amides is 3. The SMILES string of the molecule is COc1cc(/C=C(/NC(=O)c2ccccc2)C(=O)Nc2cccc(SCC(=O)Nc3nc(-c4ccc(Cl)cc4Cl)cs3)c2)cc(OC)c1OC. The number of methoxy groups -OCH3 is 3. The quantitative estimate of drug-likeness (QED) is 0.0811. The molecule has 0 bridgehead atoms. The van der Waals surface area contributed by atoms with Crippen LogP contribution in [0.4, 0.5) is 10.8 Å². The second-order valence-corrected chi connectivity index (χ2v) is 13.1. The molecule has 0 unspecified atom stereocenters. The molecule has 4 aromatic carbocycles. The van der Waals surface area contributed by atoms with Crippen LogP contribution in [-0.4, -0.2) is 49.8 Å². The van der Waals surface area contributed by atoms with Crippen LogP contribution in [0.2, 0.25) is 10.0 Å². The molecule has 0 radical (unpaired) electrons. The lowest BCUT2D eigenvalue weighted by molar-refractivity contribution is -0.114. The van der Waals surface area contributed by atoms with Crippen LogP contribution < -0.4 is 30.2 Å². The Morgan fingerprint density at radius 3 is 2.28 bits per heavy atom. The van der Waals surface area contributed by atoms with E-state index < -0.39 is 11.8 Å². The van der Waals surface area contributed by atoms with E-state index in [9.17, 15) is 14.4 Å². The first-order valence-corrected chi connectivity index (χ1v) is 17.4. The van der Waals surface area contributed by atoms with Gasteiger partial charge in [0.2, 0.25) is 11.7 Å². The summed E-state index contributed by atoms with van der Waals surface area (Å²) in [6.45, 7) is 0. The van der Waals surface area contributed by atoms with Crippen LogP contribution in [0.25, 0.3) is 17.3 Å². The van der Waals surface area contributed by atoms with Crippen molar-refractivity contribution in [2.45, 2.75) is 4.90 Å². The first kappa shape index (κ1) is 36.3. The lowest BCUT2D eigenvalue weighted by Crippen LogP contribution is -2.30. The van der Waals surface area contributed by atoms with Gasteiger partial charge in [0.15, 0.2) is 16.6 Å². The minimum atomic E-state index is -0.580. The van der Waals surface area contributed by atoms with E-state index in [1.807, 2.05) is 6.07 Å². The molecule has 0 aliphatic heterocycles. The molecule has 0 saturated carbocycles. The second-order valence-electron chi connectivity index (χ2n) is 10.3. The van der Waals surface area contributed by atoms with E-state index in [-0.39, 0.29) is 17.4 Å². The minimum Gasteiger partial charge on any atom is -0.493 e. The zero-order chi connectivity index (χ0) is 35.6. The number of anilines is 2. The van der Waals surface area contributed by atoms with Gasteiger partial charge in [0.1, 0.15) is 5.70 Å². The Bertz CT molecular complexity index is 2030. The Kier molecular flexibility index (Phi) is 12.4. The molecule has 5 rings (SSSR count). The molecule has 0 spiro atoms. The first-order valence-electron chi connectivity index (χ1n) is 14.8. The van der Waals surface area contributed by atoms with Crippen LogP contribution in [0.1, 0.15) is 15.9 Å². The summed E-state index contributed by atoms with van der Waals surface area (Å²) in [5.41, 5.74) is 2.64. The Morgan fingerprint density at radius 2 is 1.60 bits per heavy atom. The van der Waals surface area contributed by atoms with Crippen molar-refractivity contribution >= 4 is 80.9 Å². The Balaban J connectivity index is 1.29. The summed E-state index contributed by atoms with van der Waals surface area (Å²) in [6, 6.07) is 24.0. The number of hydrogen-bond acceptors (Lipinski definition) is 9. The van der Waals surface area contributed by atoms with Crippen molar-refractivity contribution in [2.24, 2.45) is 0 Å². The highest BCUT2D eigenvalue weighted by molar-refractivity contribution is 8.00. The van der Waals surface area contributed by atoms with Gasteiger partial charge in [0.05, 0.1) is 37.8 Å². The van der Waals surface area contributed by atoms with Gasteiger partial charge < -0.3 is 30.2 Å². The van der Waals surface area contributed by atoms with Crippen LogP contribution >= 0.6 is 46.3 Å². The number of rotatable bonds is 13. The standard InChI is InChI=1S/C36H30Cl2N4O6S2/c1-46-30-15-21(16-31(47-2)33(30)48-3)14-28(40-34(44)22-8-5-4-6-9-22)35(45)39-24-10-7-11-25(18-24)49-20-32(43)42-36-41-29(19-50-36)26-13-12-23(37)17-27(26)38/h4-19H,20H2,1-3H3,(H,39,45)(H,40,44)(H,41,42,43)/b28-14+. The third-order valence-electron chi connectivity index (χ3n) is 6.95. The van der Waals surface area contributed by atoms with Crippen molar-refractivity contribution < 1.29 is 28.6 Å². The van der Waals surface area contributed by atoms with Crippen molar-refractivity contribution in [3.05, 3.63) is 117 Å². The number of benzene rings is 4. The fourth-order valence-corrected chi connectivity index (χ4v) is 6.60. The summed E-state index contributed by atoms with van der Waals surface area (Å²) in [5.74, 6) is -0.0837. The van der Waals surface area contributed by atoms with E-state index in [0.29, 0.717) is 60.5 Å². The van der Waals surface area contributed by atoms with Gasteiger partial charge in [-0.15, -0.1) is 23.1 Å². The van der Waals surface area contributed by atoms with E-state index >= 15 is 0 Å². The number of aromatic nitrogens is 1. The number of ether oxygens (including phenoxy) is 3. The molecular weight excluding hydrogens is 719 g/mol. The van der Waals surface area contributed by atoms with Gasteiger partial charge >= 0.3 is 0 Å². The van der Waals surface area contributed by atoms with E-state index in [0.717, 1.165) is 4.90 Å². The Labute approximate surface area is 306 Å². The Hall–Kier alpha value is -5.01. The van der Waals surface area contributed by atoms with Gasteiger partial charge in [-0.05, 0) is 72.3 Å². The predicted molar refractivity (Wildman–Crippen MR) is 200 cm³/mol. The van der Waals surface area contributed by atoms with Gasteiger partial charge in [-0.1, -0.05) is 47.5 Å². The maximum absolute atomic E-state index is 13.7. The summed E-state index contributed by atoms with van der Waals surface area (Å²) in [4.78, 5) is 44.8. The number of nitrogens with zero attached hydrogens (tertiary/aromatic N) is 1. The molecule has 3 amide bonds. The van der Waals surface area contributed by atoms with Crippen molar-refractivity contribution in [2.75, 3.05) is 37.7 Å². The van der Waals surface area contributed by atoms with Crippen molar-refractivity contribution in [1.29, 1.82) is 0 Å². The number of thioether (sulfide) groups is 1. The lowest BCUT2D eigenvalue weighted by atomic mass is 10.1. The molecule has 0 aliphatic rings. The van der Waals surface area contributed by atoms with Crippen molar-refractivity contribution in [1.82, 2.24) is 10.3 Å². The van der Waals surface area contributed by atoms with Crippen molar-refractivity contribution in [3.8, 4) is 28.5 Å². The molecule has 256 valence electrons. The van der Waals surface area contributed by atoms with Gasteiger partial charge in [-0.2, -0.15) is 0 Å². The maximum Gasteiger partial charge on any atom is 0.272 e. The topological polar surface area (TPSA) is 128 Å². The van der Waals surface area contributed by atoms with E-state index in [1.54, 1.807) is 84.2 Å². The highest BCUT2D eigenvalue weighted by atomic mass is 35.5. The molecule has 3 N–H and O–H groups in total. The average Bonchev–Trinajstić information content (AvgIpc) is 3.58. The smallest absolute Gasteiger partial charge is 0.272 e. The monoisotopic (exact) mass is 748 g/mol. The number of halogens is 2. The fraction of sp³-hybridized carbons (Fsp3) is 0.111. The van der Waals surface area contributed by atoms with Gasteiger partial charge in [-0.25, -0.2) is 4.98 Å². The summed E-state index contributed by atoms with van der Waals surface area (Å²) < 4.78 is 16.3. The second kappa shape index (κ2) is 17.1. The zero-order valence-corrected chi connectivity index (χ0v) is 30.1. The molecule has 1 heterocycles. The van der Waals surface area contributed by atoms with Crippen LogP contribution in [0.3, 0.4) is 0 Å². The van der Waals surface area contributed by atoms with E-state index in [2.05, 4.69) is 20.9 Å². The lowest BCUT2D eigenvalue weighted by Gasteiger charge is -2.15. The molecule has 14 heteroatoms. The Morgan fingerprint density at radius 1 is 0.860 bits per heavy atom. The molecule has 5 aromatic rings. The molecule has 0 saturated heterocycles. The molecule has 0 fully saturated rings. The van der Waals surface area contributed by atoms with Gasteiger partial charge in [0, 0.05) is 32.1 Å². The molecule has 1 aromatic heterocycles. The first-order chi connectivity index (χ1) is 24.2. The summed E-state index contributed by atoms with van der Waals surface area (Å²) in [5, 5.41) is 11.6. The van der Waals surface area contributed by atoms with Crippen LogP contribution in [0.5, 0.6) is 17.2 Å². The summed E-state index contributed by atoms with van der Waals surface area (Å²) >= 11 is 14.9. The number of carbonyl (C=O) groups excluding carboxylic acids is 3. The molecular formula is C36H30Cl2N4O6S2. The molecule has 0 aliphatic carbocycles. The van der Waals surface area contributed by atoms with Gasteiger partial charge in [-0.3, -0.25) is 14.4 Å². The fourth-order valence-electron chi connectivity index (χ4n) is 4.61.